The third kappa shape index (κ3) is 4.97. The van der Waals surface area contributed by atoms with Gasteiger partial charge in [0.25, 0.3) is 0 Å². The molecule has 0 radical (unpaired) electrons. The van der Waals surface area contributed by atoms with Gasteiger partial charge in [-0.15, -0.1) is 0 Å². The van der Waals surface area contributed by atoms with E-state index in [0.717, 1.165) is 0 Å². The molecule has 0 heterocycles. The van der Waals surface area contributed by atoms with Gasteiger partial charge in [-0.2, -0.15) is 9.24 Å². The van der Waals surface area contributed by atoms with E-state index in [1.807, 2.05) is 0 Å². The van der Waals surface area contributed by atoms with Crippen LogP contribution in [0.25, 0.3) is 0 Å². The van der Waals surface area contributed by atoms with E-state index < -0.39 is 9.24 Å². The second-order valence-electron chi connectivity index (χ2n) is 3.05. The molecular formula is C9H21ClS. The van der Waals surface area contributed by atoms with Gasteiger partial charge >= 0.3 is 0 Å². The van der Waals surface area contributed by atoms with Crippen LogP contribution in [0.2, 0.25) is 0 Å². The summed E-state index contributed by atoms with van der Waals surface area (Å²) in [6, 6.07) is 0. The van der Waals surface area contributed by atoms with Crippen molar-refractivity contribution in [1.29, 1.82) is 0 Å². The average Bonchev–Trinajstić information content (AvgIpc) is 1.88. The monoisotopic (exact) mass is 196 g/mol. The molecule has 0 fully saturated rings. The van der Waals surface area contributed by atoms with Gasteiger partial charge in [-0.25, -0.2) is 0 Å². The minimum Gasteiger partial charge on any atom is -0.163 e. The summed E-state index contributed by atoms with van der Waals surface area (Å²) >= 11 is 0. The maximum atomic E-state index is 6.52. The first kappa shape index (κ1) is 11.6. The van der Waals surface area contributed by atoms with Crippen molar-refractivity contribution in [2.45, 2.75) is 40.0 Å². The van der Waals surface area contributed by atoms with Crippen LogP contribution in [0.5, 0.6) is 0 Å². The largest absolute Gasteiger partial charge is 0.163 e. The van der Waals surface area contributed by atoms with Gasteiger partial charge in [0.2, 0.25) is 0 Å². The fraction of sp³-hybridized carbons (Fsp3) is 1.00. The Kier molecular flexibility index (Phi) is 6.55. The lowest BCUT2D eigenvalue weighted by atomic mass is 10.6. The van der Waals surface area contributed by atoms with Crippen LogP contribution >= 0.6 is 19.9 Å². The lowest BCUT2D eigenvalue weighted by Gasteiger charge is -2.31. The van der Waals surface area contributed by atoms with Crippen molar-refractivity contribution in [1.82, 2.24) is 0 Å². The predicted molar refractivity (Wildman–Crippen MR) is 58.9 cm³/mol. The third-order valence-electron chi connectivity index (χ3n) is 1.71. The van der Waals surface area contributed by atoms with Crippen LogP contribution in [0.3, 0.4) is 0 Å². The molecule has 11 heavy (non-hydrogen) atoms. The molecule has 0 saturated carbocycles. The normalized spacial score (nSPS) is 13.5. The van der Waals surface area contributed by atoms with E-state index in [2.05, 4.69) is 20.8 Å². The van der Waals surface area contributed by atoms with Gasteiger partial charge < -0.3 is 0 Å². The Bertz CT molecular complexity index is 76.5. The predicted octanol–water partition coefficient (Wildman–Crippen LogP) is 4.17. The SMILES string of the molecule is CCCS(Cl)(CCC)CCC. The molecular weight excluding hydrogens is 176 g/mol. The van der Waals surface area contributed by atoms with Crippen molar-refractivity contribution in [3.05, 3.63) is 0 Å². The minimum atomic E-state index is -0.717. The zero-order valence-electron chi connectivity index (χ0n) is 8.03. The van der Waals surface area contributed by atoms with Gasteiger partial charge in [-0.1, -0.05) is 31.5 Å². The van der Waals surface area contributed by atoms with E-state index in [1.54, 1.807) is 0 Å². The lowest BCUT2D eigenvalue weighted by Crippen LogP contribution is -2.06. The summed E-state index contributed by atoms with van der Waals surface area (Å²) in [6.07, 6.45) is 3.75. The molecule has 0 aliphatic heterocycles. The van der Waals surface area contributed by atoms with E-state index >= 15 is 0 Å². The van der Waals surface area contributed by atoms with Crippen molar-refractivity contribution in [3.8, 4) is 0 Å². The summed E-state index contributed by atoms with van der Waals surface area (Å²) in [5.74, 6) is 3.78. The molecule has 0 bridgehead atoms. The van der Waals surface area contributed by atoms with Crippen molar-refractivity contribution >= 4 is 19.9 Å². The van der Waals surface area contributed by atoms with Crippen LogP contribution in [-0.2, 0) is 0 Å². The second-order valence-corrected chi connectivity index (χ2v) is 8.12. The van der Waals surface area contributed by atoms with Crippen molar-refractivity contribution in [2.75, 3.05) is 17.3 Å². The van der Waals surface area contributed by atoms with Gasteiger partial charge in [0.1, 0.15) is 0 Å². The quantitative estimate of drug-likeness (QED) is 0.598. The van der Waals surface area contributed by atoms with Crippen LogP contribution in [0.1, 0.15) is 40.0 Å². The zero-order valence-corrected chi connectivity index (χ0v) is 9.60. The molecule has 0 atom stereocenters. The smallest absolute Gasteiger partial charge is 0.0103 e. The van der Waals surface area contributed by atoms with Gasteiger partial charge in [-0.05, 0) is 36.5 Å². The summed E-state index contributed by atoms with van der Waals surface area (Å²) in [6.45, 7) is 6.69. The average molecular weight is 197 g/mol. The Morgan fingerprint density at radius 1 is 0.818 bits per heavy atom. The van der Waals surface area contributed by atoms with Gasteiger partial charge in [-0.3, -0.25) is 0 Å². The molecule has 2 heteroatoms. The Balaban J connectivity index is 3.79. The molecule has 0 aliphatic carbocycles. The number of halogens is 1. The van der Waals surface area contributed by atoms with Crippen LogP contribution in [-0.4, -0.2) is 17.3 Å². The molecule has 0 aromatic carbocycles. The van der Waals surface area contributed by atoms with E-state index in [9.17, 15) is 0 Å². The molecule has 0 amide bonds. The fourth-order valence-electron chi connectivity index (χ4n) is 1.40. The van der Waals surface area contributed by atoms with E-state index in [1.165, 1.54) is 36.5 Å². The molecule has 0 spiro atoms. The molecule has 0 saturated heterocycles. The van der Waals surface area contributed by atoms with E-state index in [4.69, 9.17) is 10.7 Å². The van der Waals surface area contributed by atoms with Crippen LogP contribution in [0.15, 0.2) is 0 Å². The Labute approximate surface area is 77.5 Å². The topological polar surface area (TPSA) is 0 Å². The maximum Gasteiger partial charge on any atom is -0.0103 e. The molecule has 0 rings (SSSR count). The van der Waals surface area contributed by atoms with E-state index in [0.29, 0.717) is 0 Å². The molecule has 70 valence electrons. The molecule has 0 aromatic heterocycles. The standard InChI is InChI=1S/C9H21ClS/c1-4-7-11(10,8-5-2)9-6-3/h4-9H2,1-3H3. The molecule has 0 nitrogen and oxygen atoms in total. The minimum absolute atomic E-state index is 0.717. The fourth-order valence-corrected chi connectivity index (χ4v) is 5.60. The highest BCUT2D eigenvalue weighted by Crippen LogP contribution is 2.54. The van der Waals surface area contributed by atoms with E-state index in [-0.39, 0.29) is 0 Å². The Morgan fingerprint density at radius 2 is 1.09 bits per heavy atom. The first-order valence-corrected chi connectivity index (χ1v) is 7.61. The summed E-state index contributed by atoms with van der Waals surface area (Å²) in [7, 11) is 5.81. The number of rotatable bonds is 6. The van der Waals surface area contributed by atoms with Crippen LogP contribution < -0.4 is 0 Å². The van der Waals surface area contributed by atoms with Gasteiger partial charge in [0, 0.05) is 0 Å². The highest BCUT2D eigenvalue weighted by Gasteiger charge is 2.16. The molecule has 0 N–H and O–H groups in total. The lowest BCUT2D eigenvalue weighted by molar-refractivity contribution is 1.03. The van der Waals surface area contributed by atoms with Gasteiger partial charge in [0.15, 0.2) is 0 Å². The molecule has 0 aliphatic rings. The van der Waals surface area contributed by atoms with Crippen molar-refractivity contribution in [2.24, 2.45) is 0 Å². The zero-order chi connectivity index (χ0) is 8.74. The Morgan fingerprint density at radius 3 is 1.27 bits per heavy atom. The van der Waals surface area contributed by atoms with Crippen molar-refractivity contribution in [3.63, 3.8) is 0 Å². The van der Waals surface area contributed by atoms with Crippen LogP contribution in [0, 0.1) is 0 Å². The maximum absolute atomic E-state index is 6.52. The summed E-state index contributed by atoms with van der Waals surface area (Å²) in [4.78, 5) is 0. The van der Waals surface area contributed by atoms with Crippen molar-refractivity contribution < 1.29 is 0 Å². The highest BCUT2D eigenvalue weighted by molar-refractivity contribution is 8.51. The summed E-state index contributed by atoms with van der Waals surface area (Å²) in [5.41, 5.74) is 0. The summed E-state index contributed by atoms with van der Waals surface area (Å²) in [5, 5.41) is 0. The summed E-state index contributed by atoms with van der Waals surface area (Å²) < 4.78 is 0. The Hall–Kier alpha value is 0.640. The second kappa shape index (κ2) is 6.19. The first-order valence-electron chi connectivity index (χ1n) is 4.64. The molecule has 0 unspecified atom stereocenters. The highest BCUT2D eigenvalue weighted by atomic mass is 35.7. The van der Waals surface area contributed by atoms with Gasteiger partial charge in [0.05, 0.1) is 0 Å². The number of hydrogen-bond donors (Lipinski definition) is 0. The third-order valence-corrected chi connectivity index (χ3v) is 6.52. The first-order chi connectivity index (χ1) is 5.18. The number of hydrogen-bond acceptors (Lipinski definition) is 0. The molecule has 0 aromatic rings. The van der Waals surface area contributed by atoms with Crippen LogP contribution in [0.4, 0.5) is 0 Å².